The van der Waals surface area contributed by atoms with Crippen molar-refractivity contribution in [3.8, 4) is 5.75 Å². The maximum absolute atomic E-state index is 12.2. The molecule has 1 aliphatic heterocycles. The number of aromatic nitrogens is 1. The van der Waals surface area contributed by atoms with Crippen LogP contribution in [0.3, 0.4) is 0 Å². The molecule has 3 rings (SSSR count). The summed E-state index contributed by atoms with van der Waals surface area (Å²) in [4.78, 5) is 16.5. The Balaban J connectivity index is 1.57. The maximum atomic E-state index is 12.2. The summed E-state index contributed by atoms with van der Waals surface area (Å²) in [5, 5.41) is 5.91. The summed E-state index contributed by atoms with van der Waals surface area (Å²) in [7, 11) is -3.02. The summed E-state index contributed by atoms with van der Waals surface area (Å²) < 4.78 is 28.5. The summed E-state index contributed by atoms with van der Waals surface area (Å²) in [6, 6.07) is 10.6. The van der Waals surface area contributed by atoms with Crippen molar-refractivity contribution in [2.75, 3.05) is 16.8 Å². The molecule has 2 aromatic rings. The summed E-state index contributed by atoms with van der Waals surface area (Å²) >= 11 is 0. The first-order valence-corrected chi connectivity index (χ1v) is 10.6. The minimum absolute atomic E-state index is 0.00231. The van der Waals surface area contributed by atoms with Crippen molar-refractivity contribution in [3.05, 3.63) is 48.2 Å². The Labute approximate surface area is 159 Å². The van der Waals surface area contributed by atoms with Crippen LogP contribution in [0.15, 0.2) is 42.6 Å². The largest absolute Gasteiger partial charge is 0.491 e. The number of carbonyl (C=O) groups excluding carboxylic acids is 1. The highest BCUT2D eigenvalue weighted by molar-refractivity contribution is 7.91. The van der Waals surface area contributed by atoms with Crippen molar-refractivity contribution in [1.29, 1.82) is 0 Å². The van der Waals surface area contributed by atoms with Crippen LogP contribution in [-0.4, -0.2) is 43.0 Å². The minimum Gasteiger partial charge on any atom is -0.491 e. The third-order valence-corrected chi connectivity index (χ3v) is 5.86. The number of nitrogens with zero attached hydrogens (tertiary/aromatic N) is 1. The first-order valence-electron chi connectivity index (χ1n) is 8.82. The smallest absolute Gasteiger partial charge is 0.253 e. The average molecular weight is 389 g/mol. The van der Waals surface area contributed by atoms with Gasteiger partial charge in [-0.3, -0.25) is 4.79 Å². The number of hydrogen-bond acceptors (Lipinski definition) is 6. The number of amides is 1. The SMILES string of the molecule is CC(C)Oc1ccc(Nc2ccc(C(=O)NC3CCS(=O)(=O)C3)cn2)cc1. The highest BCUT2D eigenvalue weighted by Crippen LogP contribution is 2.20. The lowest BCUT2D eigenvalue weighted by Crippen LogP contribution is -2.35. The normalized spacial score (nSPS) is 18.3. The summed E-state index contributed by atoms with van der Waals surface area (Å²) in [6.07, 6.45) is 2.04. The molecule has 0 spiro atoms. The lowest BCUT2D eigenvalue weighted by Gasteiger charge is -2.12. The number of pyridine rings is 1. The quantitative estimate of drug-likeness (QED) is 0.788. The molecule has 1 aromatic heterocycles. The molecule has 1 amide bonds. The Morgan fingerprint density at radius 2 is 1.93 bits per heavy atom. The molecule has 7 nitrogen and oxygen atoms in total. The van der Waals surface area contributed by atoms with Gasteiger partial charge in [0.15, 0.2) is 9.84 Å². The highest BCUT2D eigenvalue weighted by Gasteiger charge is 2.29. The zero-order chi connectivity index (χ0) is 19.4. The van der Waals surface area contributed by atoms with E-state index in [0.717, 1.165) is 11.4 Å². The van der Waals surface area contributed by atoms with Crippen molar-refractivity contribution < 1.29 is 17.9 Å². The minimum atomic E-state index is -3.02. The van der Waals surface area contributed by atoms with Crippen LogP contribution in [0.1, 0.15) is 30.6 Å². The molecule has 0 aliphatic carbocycles. The lowest BCUT2D eigenvalue weighted by molar-refractivity contribution is 0.0941. The van der Waals surface area contributed by atoms with E-state index in [9.17, 15) is 13.2 Å². The van der Waals surface area contributed by atoms with E-state index in [4.69, 9.17) is 4.74 Å². The molecule has 27 heavy (non-hydrogen) atoms. The van der Waals surface area contributed by atoms with Gasteiger partial charge in [0.2, 0.25) is 0 Å². The molecule has 2 heterocycles. The second-order valence-electron chi connectivity index (χ2n) is 6.82. The number of hydrogen-bond donors (Lipinski definition) is 2. The van der Waals surface area contributed by atoms with Crippen LogP contribution in [0, 0.1) is 0 Å². The highest BCUT2D eigenvalue weighted by atomic mass is 32.2. The summed E-state index contributed by atoms with van der Waals surface area (Å²) in [6.45, 7) is 3.94. The van der Waals surface area contributed by atoms with Gasteiger partial charge < -0.3 is 15.4 Å². The molecule has 0 saturated carbocycles. The summed E-state index contributed by atoms with van der Waals surface area (Å²) in [5.41, 5.74) is 1.25. The van der Waals surface area contributed by atoms with Gasteiger partial charge in [-0.05, 0) is 56.7 Å². The lowest BCUT2D eigenvalue weighted by atomic mass is 10.2. The first kappa shape index (κ1) is 19.2. The van der Waals surface area contributed by atoms with Crippen molar-refractivity contribution in [3.63, 3.8) is 0 Å². The maximum Gasteiger partial charge on any atom is 0.253 e. The van der Waals surface area contributed by atoms with E-state index in [0.29, 0.717) is 17.8 Å². The van der Waals surface area contributed by atoms with Crippen LogP contribution in [-0.2, 0) is 9.84 Å². The second kappa shape index (κ2) is 7.96. The molecule has 2 N–H and O–H groups in total. The molecule has 1 aromatic carbocycles. The van der Waals surface area contributed by atoms with Crippen molar-refractivity contribution >= 4 is 27.2 Å². The molecule has 8 heteroatoms. The molecule has 0 bridgehead atoms. The van der Waals surface area contributed by atoms with Crippen LogP contribution in [0.25, 0.3) is 0 Å². The second-order valence-corrected chi connectivity index (χ2v) is 9.05. The topological polar surface area (TPSA) is 97.4 Å². The molecule has 1 saturated heterocycles. The fourth-order valence-electron chi connectivity index (χ4n) is 2.82. The molecule has 1 unspecified atom stereocenters. The van der Waals surface area contributed by atoms with E-state index in [1.54, 1.807) is 12.1 Å². The summed E-state index contributed by atoms with van der Waals surface area (Å²) in [5.74, 6) is 1.21. The van der Waals surface area contributed by atoms with Gasteiger partial charge in [-0.2, -0.15) is 0 Å². The fraction of sp³-hybridized carbons (Fsp3) is 0.368. The van der Waals surface area contributed by atoms with E-state index in [1.807, 2.05) is 38.1 Å². The van der Waals surface area contributed by atoms with Crippen LogP contribution < -0.4 is 15.4 Å². The van der Waals surface area contributed by atoms with Gasteiger partial charge >= 0.3 is 0 Å². The van der Waals surface area contributed by atoms with Gasteiger partial charge in [-0.1, -0.05) is 0 Å². The molecule has 144 valence electrons. The standard InChI is InChI=1S/C19H23N3O4S/c1-13(2)26-17-6-4-15(5-7-17)21-18-8-3-14(11-20-18)19(23)22-16-9-10-27(24,25)12-16/h3-8,11,13,16H,9-10,12H2,1-2H3,(H,20,21)(H,22,23). The van der Waals surface area contributed by atoms with Crippen molar-refractivity contribution in [1.82, 2.24) is 10.3 Å². The zero-order valence-electron chi connectivity index (χ0n) is 15.3. The van der Waals surface area contributed by atoms with E-state index in [2.05, 4.69) is 15.6 Å². The van der Waals surface area contributed by atoms with Crippen LogP contribution >= 0.6 is 0 Å². The number of nitrogens with one attached hydrogen (secondary N) is 2. The van der Waals surface area contributed by atoms with Gasteiger partial charge in [0.05, 0.1) is 23.2 Å². The molecule has 1 aliphatic rings. The Morgan fingerprint density at radius 1 is 1.19 bits per heavy atom. The predicted molar refractivity (Wildman–Crippen MR) is 104 cm³/mol. The Bertz CT molecular complexity index is 894. The Morgan fingerprint density at radius 3 is 2.48 bits per heavy atom. The van der Waals surface area contributed by atoms with Crippen LogP contribution in [0.4, 0.5) is 11.5 Å². The number of ether oxygens (including phenoxy) is 1. The number of rotatable bonds is 6. The third kappa shape index (κ3) is 5.43. The van der Waals surface area contributed by atoms with E-state index in [1.165, 1.54) is 6.20 Å². The molecule has 0 radical (unpaired) electrons. The molecular formula is C19H23N3O4S. The Kier molecular flexibility index (Phi) is 5.65. The Hall–Kier alpha value is -2.61. The number of benzene rings is 1. The van der Waals surface area contributed by atoms with Gasteiger partial charge in [0.1, 0.15) is 11.6 Å². The average Bonchev–Trinajstić information content (AvgIpc) is 2.95. The fourth-order valence-corrected chi connectivity index (χ4v) is 4.49. The number of anilines is 2. The van der Waals surface area contributed by atoms with Gasteiger partial charge in [-0.15, -0.1) is 0 Å². The van der Waals surface area contributed by atoms with Crippen molar-refractivity contribution in [2.24, 2.45) is 0 Å². The van der Waals surface area contributed by atoms with Gasteiger partial charge in [0.25, 0.3) is 5.91 Å². The first-order chi connectivity index (χ1) is 12.8. The van der Waals surface area contributed by atoms with Gasteiger partial charge in [-0.25, -0.2) is 13.4 Å². The van der Waals surface area contributed by atoms with Gasteiger partial charge in [0, 0.05) is 17.9 Å². The zero-order valence-corrected chi connectivity index (χ0v) is 16.1. The monoisotopic (exact) mass is 389 g/mol. The molecular weight excluding hydrogens is 366 g/mol. The van der Waals surface area contributed by atoms with E-state index >= 15 is 0 Å². The molecule has 1 atom stereocenters. The number of sulfone groups is 1. The molecule has 1 fully saturated rings. The van der Waals surface area contributed by atoms with E-state index in [-0.39, 0.29) is 29.6 Å². The number of carbonyl (C=O) groups is 1. The van der Waals surface area contributed by atoms with E-state index < -0.39 is 9.84 Å². The van der Waals surface area contributed by atoms with Crippen LogP contribution in [0.5, 0.6) is 5.75 Å². The third-order valence-electron chi connectivity index (χ3n) is 4.09. The van der Waals surface area contributed by atoms with Crippen LogP contribution in [0.2, 0.25) is 0 Å². The van der Waals surface area contributed by atoms with Crippen molar-refractivity contribution in [2.45, 2.75) is 32.4 Å². The predicted octanol–water partition coefficient (Wildman–Crippen LogP) is 2.53.